The summed E-state index contributed by atoms with van der Waals surface area (Å²) in [5, 5.41) is 15.9. The average molecular weight is 489 g/mol. The molecule has 3 fully saturated rings. The van der Waals surface area contributed by atoms with E-state index in [4.69, 9.17) is 21.1 Å². The van der Waals surface area contributed by atoms with Gasteiger partial charge in [-0.25, -0.2) is 4.98 Å². The first-order chi connectivity index (χ1) is 16.1. The van der Waals surface area contributed by atoms with Gasteiger partial charge in [0.2, 0.25) is 5.91 Å². The number of nitrogens with zero attached hydrogens (tertiary/aromatic N) is 3. The van der Waals surface area contributed by atoms with Crippen LogP contribution in [0.2, 0.25) is 5.02 Å². The van der Waals surface area contributed by atoms with E-state index < -0.39 is 6.10 Å². The van der Waals surface area contributed by atoms with Crippen LogP contribution in [0.4, 0.5) is 11.5 Å². The lowest BCUT2D eigenvalue weighted by Gasteiger charge is -2.45. The highest BCUT2D eigenvalue weighted by Gasteiger charge is 2.44. The van der Waals surface area contributed by atoms with E-state index in [1.165, 1.54) is 0 Å². The first-order valence-corrected chi connectivity index (χ1v) is 12.3. The number of carbonyl (C=O) groups is 1. The monoisotopic (exact) mass is 488 g/mol. The average Bonchev–Trinajstić information content (AvgIpc) is 3.35. The maximum atomic E-state index is 12.7. The SMILES string of the molecule is CC1(C)C[C@H](C(=O)Nc2cc3cc(N4CCN([C@]5(C)COC[C@@H]5O)CC4)c(Cl)cc3cn2)CO1. The van der Waals surface area contributed by atoms with Crippen molar-refractivity contribution in [2.24, 2.45) is 5.92 Å². The molecule has 0 radical (unpaired) electrons. The van der Waals surface area contributed by atoms with Gasteiger partial charge in [-0.2, -0.15) is 0 Å². The van der Waals surface area contributed by atoms with E-state index in [-0.39, 0.29) is 23.0 Å². The van der Waals surface area contributed by atoms with E-state index in [1.807, 2.05) is 26.0 Å². The molecule has 2 aromatic rings. The van der Waals surface area contributed by atoms with Crippen molar-refractivity contribution in [3.63, 3.8) is 0 Å². The summed E-state index contributed by atoms with van der Waals surface area (Å²) in [5.41, 5.74) is 0.364. The predicted molar refractivity (Wildman–Crippen MR) is 133 cm³/mol. The van der Waals surface area contributed by atoms with Gasteiger partial charge in [0, 0.05) is 37.8 Å². The molecule has 0 aliphatic carbocycles. The van der Waals surface area contributed by atoms with Crippen LogP contribution in [0.15, 0.2) is 24.4 Å². The van der Waals surface area contributed by atoms with Gasteiger partial charge in [0.1, 0.15) is 5.82 Å². The van der Waals surface area contributed by atoms with Crippen LogP contribution < -0.4 is 10.2 Å². The lowest BCUT2D eigenvalue weighted by Crippen LogP contribution is -2.60. The van der Waals surface area contributed by atoms with E-state index in [2.05, 4.69) is 33.1 Å². The summed E-state index contributed by atoms with van der Waals surface area (Å²) in [7, 11) is 0. The molecule has 2 N–H and O–H groups in total. The smallest absolute Gasteiger partial charge is 0.231 e. The number of piperazine rings is 1. The number of pyridine rings is 1. The topological polar surface area (TPSA) is 87.2 Å². The maximum Gasteiger partial charge on any atom is 0.231 e. The number of fused-ring (bicyclic) bond motifs is 1. The molecule has 3 atom stereocenters. The Balaban J connectivity index is 1.30. The number of carbonyl (C=O) groups excluding carboxylic acids is 1. The molecular weight excluding hydrogens is 456 g/mol. The highest BCUT2D eigenvalue weighted by Crippen LogP contribution is 2.35. The number of aliphatic hydroxyl groups is 1. The van der Waals surface area contributed by atoms with Crippen LogP contribution in [0.1, 0.15) is 27.2 Å². The van der Waals surface area contributed by atoms with Crippen molar-refractivity contribution in [2.75, 3.05) is 56.2 Å². The Labute approximate surface area is 205 Å². The Kier molecular flexibility index (Phi) is 6.23. The third-order valence-electron chi connectivity index (χ3n) is 7.55. The number of benzene rings is 1. The Hall–Kier alpha value is -1.97. The molecule has 1 amide bonds. The van der Waals surface area contributed by atoms with Crippen molar-refractivity contribution in [2.45, 2.75) is 44.4 Å². The lowest BCUT2D eigenvalue weighted by atomic mass is 9.95. The van der Waals surface area contributed by atoms with Gasteiger partial charge < -0.3 is 24.8 Å². The van der Waals surface area contributed by atoms with Crippen molar-refractivity contribution >= 4 is 39.8 Å². The second kappa shape index (κ2) is 8.91. The molecule has 9 heteroatoms. The van der Waals surface area contributed by atoms with E-state index in [0.29, 0.717) is 37.1 Å². The molecular formula is C25H33ClN4O4. The summed E-state index contributed by atoms with van der Waals surface area (Å²) in [6.45, 7) is 10.7. The normalized spacial score (nSPS) is 29.6. The number of hydrogen-bond acceptors (Lipinski definition) is 7. The van der Waals surface area contributed by atoms with Crippen LogP contribution in [-0.4, -0.2) is 84.1 Å². The van der Waals surface area contributed by atoms with E-state index >= 15 is 0 Å². The Morgan fingerprint density at radius 2 is 1.91 bits per heavy atom. The van der Waals surface area contributed by atoms with Crippen molar-refractivity contribution in [1.29, 1.82) is 0 Å². The number of halogens is 1. The van der Waals surface area contributed by atoms with Crippen molar-refractivity contribution in [3.05, 3.63) is 29.4 Å². The van der Waals surface area contributed by atoms with E-state index in [0.717, 1.165) is 42.6 Å². The third kappa shape index (κ3) is 4.50. The molecule has 4 heterocycles. The highest BCUT2D eigenvalue weighted by atomic mass is 35.5. The zero-order chi connectivity index (χ0) is 24.1. The van der Waals surface area contributed by atoms with Gasteiger partial charge >= 0.3 is 0 Å². The summed E-state index contributed by atoms with van der Waals surface area (Å²) >= 11 is 6.66. The van der Waals surface area contributed by atoms with Gasteiger partial charge in [0.05, 0.1) is 53.7 Å². The minimum absolute atomic E-state index is 0.0608. The summed E-state index contributed by atoms with van der Waals surface area (Å²) in [6, 6.07) is 5.90. The molecule has 0 unspecified atom stereocenters. The lowest BCUT2D eigenvalue weighted by molar-refractivity contribution is -0.119. The standard InChI is InChI=1S/C25H33ClN4O4/c1-24(2)11-18(13-34-24)23(32)28-22-10-16-9-20(19(26)8-17(16)12-27-22)29-4-6-30(7-5-29)25(3)15-33-14-21(25)31/h8-10,12,18,21,31H,4-7,11,13-15H2,1-3H3,(H,27,28,32)/t18-,21-,25+/m0/s1. The summed E-state index contributed by atoms with van der Waals surface area (Å²) < 4.78 is 11.2. The molecule has 5 rings (SSSR count). The zero-order valence-corrected chi connectivity index (χ0v) is 20.8. The fourth-order valence-electron chi connectivity index (χ4n) is 5.31. The summed E-state index contributed by atoms with van der Waals surface area (Å²) in [5.74, 6) is 0.299. The number of anilines is 2. The number of hydrogen-bond donors (Lipinski definition) is 2. The minimum atomic E-state index is -0.466. The van der Waals surface area contributed by atoms with Gasteiger partial charge in [-0.1, -0.05) is 11.6 Å². The number of amides is 1. The number of rotatable bonds is 4. The molecule has 1 aromatic heterocycles. The van der Waals surface area contributed by atoms with Gasteiger partial charge in [0.15, 0.2) is 0 Å². The van der Waals surface area contributed by atoms with Crippen molar-refractivity contribution in [3.8, 4) is 0 Å². The van der Waals surface area contributed by atoms with Crippen molar-refractivity contribution in [1.82, 2.24) is 9.88 Å². The molecule has 0 spiro atoms. The van der Waals surface area contributed by atoms with Crippen molar-refractivity contribution < 1.29 is 19.4 Å². The van der Waals surface area contributed by atoms with Gasteiger partial charge in [0.25, 0.3) is 0 Å². The van der Waals surface area contributed by atoms with Crippen LogP contribution in [0, 0.1) is 5.92 Å². The zero-order valence-electron chi connectivity index (χ0n) is 20.0. The Morgan fingerprint density at radius 3 is 2.56 bits per heavy atom. The van der Waals surface area contributed by atoms with Crippen LogP contribution >= 0.6 is 11.6 Å². The third-order valence-corrected chi connectivity index (χ3v) is 7.86. The Bertz CT molecular complexity index is 1090. The van der Waals surface area contributed by atoms with Crippen LogP contribution in [-0.2, 0) is 14.3 Å². The highest BCUT2D eigenvalue weighted by molar-refractivity contribution is 6.34. The first kappa shape index (κ1) is 23.8. The molecule has 1 aromatic carbocycles. The Morgan fingerprint density at radius 1 is 1.15 bits per heavy atom. The van der Waals surface area contributed by atoms with E-state index in [1.54, 1.807) is 6.20 Å². The fraction of sp³-hybridized carbons (Fsp3) is 0.600. The minimum Gasteiger partial charge on any atom is -0.389 e. The molecule has 0 saturated carbocycles. The molecule has 3 saturated heterocycles. The van der Waals surface area contributed by atoms with Gasteiger partial charge in [-0.3, -0.25) is 9.69 Å². The molecule has 0 bridgehead atoms. The quantitative estimate of drug-likeness (QED) is 0.684. The summed E-state index contributed by atoms with van der Waals surface area (Å²) in [4.78, 5) is 21.7. The number of ether oxygens (including phenoxy) is 2. The molecule has 3 aliphatic heterocycles. The maximum absolute atomic E-state index is 12.7. The second-order valence-electron chi connectivity index (χ2n) is 10.5. The van der Waals surface area contributed by atoms with Crippen LogP contribution in [0.5, 0.6) is 0 Å². The molecule has 8 nitrogen and oxygen atoms in total. The number of nitrogens with one attached hydrogen (secondary N) is 1. The van der Waals surface area contributed by atoms with Crippen LogP contribution in [0.3, 0.4) is 0 Å². The predicted octanol–water partition coefficient (Wildman–Crippen LogP) is 2.91. The summed E-state index contributed by atoms with van der Waals surface area (Å²) in [6.07, 6.45) is 1.97. The largest absolute Gasteiger partial charge is 0.389 e. The van der Waals surface area contributed by atoms with Gasteiger partial charge in [-0.15, -0.1) is 0 Å². The number of aromatic nitrogens is 1. The second-order valence-corrected chi connectivity index (χ2v) is 11.0. The first-order valence-electron chi connectivity index (χ1n) is 11.9. The van der Waals surface area contributed by atoms with Crippen LogP contribution in [0.25, 0.3) is 10.8 Å². The molecule has 34 heavy (non-hydrogen) atoms. The van der Waals surface area contributed by atoms with E-state index in [9.17, 15) is 9.90 Å². The molecule has 184 valence electrons. The van der Waals surface area contributed by atoms with Gasteiger partial charge in [-0.05, 0) is 50.8 Å². The fourth-order valence-corrected chi connectivity index (χ4v) is 5.60. The number of aliphatic hydroxyl groups excluding tert-OH is 1. The molecule has 3 aliphatic rings.